The van der Waals surface area contributed by atoms with E-state index in [0.29, 0.717) is 6.07 Å². The van der Waals surface area contributed by atoms with Gasteiger partial charge in [-0.25, -0.2) is 17.9 Å². The van der Waals surface area contributed by atoms with Crippen LogP contribution in [-0.2, 0) is 6.73 Å². The Morgan fingerprint density at radius 2 is 1.88 bits per heavy atom. The van der Waals surface area contributed by atoms with Crippen molar-refractivity contribution in [1.82, 2.24) is 9.78 Å². The topological polar surface area (TPSA) is 56.2 Å². The number of amides is 1. The first kappa shape index (κ1) is 16.6. The normalized spacial score (nSPS) is 10.5. The predicted octanol–water partition coefficient (Wildman–Crippen LogP) is 3.59. The maximum absolute atomic E-state index is 13.5. The van der Waals surface area contributed by atoms with Gasteiger partial charge in [-0.1, -0.05) is 12.1 Å². The summed E-state index contributed by atoms with van der Waals surface area (Å²) in [7, 11) is 0. The van der Waals surface area contributed by atoms with Crippen molar-refractivity contribution in [3.63, 3.8) is 0 Å². The Kier molecular flexibility index (Phi) is 4.69. The molecule has 128 valence electrons. The van der Waals surface area contributed by atoms with Crippen molar-refractivity contribution in [2.24, 2.45) is 0 Å². The lowest BCUT2D eigenvalue weighted by Crippen LogP contribution is -2.15. The molecule has 0 aliphatic carbocycles. The first-order valence-corrected chi connectivity index (χ1v) is 7.20. The molecular formula is C17H12F3N3O2. The van der Waals surface area contributed by atoms with Crippen LogP contribution in [0.3, 0.4) is 0 Å². The predicted molar refractivity (Wildman–Crippen MR) is 83.6 cm³/mol. The van der Waals surface area contributed by atoms with Gasteiger partial charge in [0.2, 0.25) is 0 Å². The first-order chi connectivity index (χ1) is 12.0. The van der Waals surface area contributed by atoms with Crippen molar-refractivity contribution in [3.8, 4) is 5.75 Å². The summed E-state index contributed by atoms with van der Waals surface area (Å²) in [5, 5.41) is 6.25. The van der Waals surface area contributed by atoms with E-state index in [2.05, 4.69) is 10.4 Å². The number of carbonyl (C=O) groups excluding carboxylic acids is 1. The molecule has 0 saturated carbocycles. The number of carbonyl (C=O) groups is 1. The number of hydrogen-bond acceptors (Lipinski definition) is 3. The maximum atomic E-state index is 13.5. The van der Waals surface area contributed by atoms with Crippen LogP contribution in [0.1, 0.15) is 10.5 Å². The van der Waals surface area contributed by atoms with E-state index in [9.17, 15) is 18.0 Å². The molecule has 3 aromatic rings. The smallest absolute Gasteiger partial charge is 0.276 e. The fourth-order valence-electron chi connectivity index (χ4n) is 2.03. The van der Waals surface area contributed by atoms with E-state index < -0.39 is 23.4 Å². The van der Waals surface area contributed by atoms with E-state index in [0.717, 1.165) is 12.1 Å². The van der Waals surface area contributed by atoms with Crippen molar-refractivity contribution in [1.29, 1.82) is 0 Å². The van der Waals surface area contributed by atoms with Crippen LogP contribution in [0.25, 0.3) is 0 Å². The molecule has 0 unspecified atom stereocenters. The molecule has 1 amide bonds. The van der Waals surface area contributed by atoms with Gasteiger partial charge in [0, 0.05) is 12.3 Å². The molecule has 1 N–H and O–H groups in total. The lowest BCUT2D eigenvalue weighted by Gasteiger charge is -2.07. The minimum Gasteiger partial charge on any atom is -0.468 e. The number of halogens is 3. The highest BCUT2D eigenvalue weighted by molar-refractivity contribution is 6.02. The molecule has 0 radical (unpaired) electrons. The van der Waals surface area contributed by atoms with Gasteiger partial charge in [0.25, 0.3) is 5.91 Å². The number of benzene rings is 2. The van der Waals surface area contributed by atoms with Crippen molar-refractivity contribution >= 4 is 11.6 Å². The number of nitrogens with zero attached hydrogens (tertiary/aromatic N) is 2. The summed E-state index contributed by atoms with van der Waals surface area (Å²) in [5.74, 6) is -2.77. The second kappa shape index (κ2) is 7.08. The zero-order valence-corrected chi connectivity index (χ0v) is 12.7. The van der Waals surface area contributed by atoms with Gasteiger partial charge in [-0.15, -0.1) is 0 Å². The van der Waals surface area contributed by atoms with Crippen molar-refractivity contribution in [2.45, 2.75) is 6.73 Å². The van der Waals surface area contributed by atoms with Gasteiger partial charge in [-0.3, -0.25) is 4.79 Å². The van der Waals surface area contributed by atoms with Crippen LogP contribution in [0, 0.1) is 17.5 Å². The van der Waals surface area contributed by atoms with Gasteiger partial charge in [-0.2, -0.15) is 5.10 Å². The standard InChI is InChI=1S/C17H12F3N3O2/c18-11-5-6-14(13(20)9-11)21-17(24)15-7-8-23(22-15)10-25-16-4-2-1-3-12(16)19/h1-9H,10H2,(H,21,24). The van der Waals surface area contributed by atoms with Gasteiger partial charge >= 0.3 is 0 Å². The zero-order valence-electron chi connectivity index (χ0n) is 12.7. The molecule has 8 heteroatoms. The van der Waals surface area contributed by atoms with E-state index >= 15 is 0 Å². The SMILES string of the molecule is O=C(Nc1ccc(F)cc1F)c1ccn(COc2ccccc2F)n1. The molecule has 0 fully saturated rings. The molecule has 1 heterocycles. The molecule has 0 aliphatic heterocycles. The fourth-order valence-corrected chi connectivity index (χ4v) is 2.03. The monoisotopic (exact) mass is 347 g/mol. The summed E-state index contributed by atoms with van der Waals surface area (Å²) >= 11 is 0. The van der Waals surface area contributed by atoms with Crippen molar-refractivity contribution in [2.75, 3.05) is 5.32 Å². The lowest BCUT2D eigenvalue weighted by atomic mass is 10.3. The molecule has 25 heavy (non-hydrogen) atoms. The van der Waals surface area contributed by atoms with E-state index in [1.807, 2.05) is 0 Å². The van der Waals surface area contributed by atoms with Gasteiger partial charge in [0.05, 0.1) is 5.69 Å². The van der Waals surface area contributed by atoms with E-state index in [4.69, 9.17) is 4.74 Å². The van der Waals surface area contributed by atoms with Crippen molar-refractivity contribution in [3.05, 3.63) is 77.9 Å². The van der Waals surface area contributed by atoms with Crippen LogP contribution in [0.5, 0.6) is 5.75 Å². The third kappa shape index (κ3) is 3.97. The van der Waals surface area contributed by atoms with Crippen LogP contribution in [0.15, 0.2) is 54.7 Å². The Balaban J connectivity index is 1.64. The molecule has 3 rings (SSSR count). The van der Waals surface area contributed by atoms with E-state index in [-0.39, 0.29) is 23.9 Å². The number of rotatable bonds is 5. The fraction of sp³-hybridized carbons (Fsp3) is 0.0588. The molecule has 5 nitrogen and oxygen atoms in total. The average Bonchev–Trinajstić information content (AvgIpc) is 3.06. The number of anilines is 1. The Labute approximate surface area is 140 Å². The summed E-state index contributed by atoms with van der Waals surface area (Å²) in [6.07, 6.45) is 1.46. The van der Waals surface area contributed by atoms with E-state index in [1.165, 1.54) is 35.1 Å². The summed E-state index contributed by atoms with van der Waals surface area (Å²) in [6, 6.07) is 10.1. The second-order valence-electron chi connectivity index (χ2n) is 5.02. The second-order valence-corrected chi connectivity index (χ2v) is 5.02. The third-order valence-corrected chi connectivity index (χ3v) is 3.24. The van der Waals surface area contributed by atoms with Crippen LogP contribution in [0.2, 0.25) is 0 Å². The lowest BCUT2D eigenvalue weighted by molar-refractivity contribution is 0.101. The van der Waals surface area contributed by atoms with Gasteiger partial charge < -0.3 is 10.1 Å². The minimum absolute atomic E-state index is 0.000795. The van der Waals surface area contributed by atoms with Crippen LogP contribution >= 0.6 is 0 Å². The van der Waals surface area contributed by atoms with Crippen LogP contribution in [0.4, 0.5) is 18.9 Å². The van der Waals surface area contributed by atoms with E-state index in [1.54, 1.807) is 6.07 Å². The zero-order chi connectivity index (χ0) is 17.8. The molecule has 1 aromatic heterocycles. The Morgan fingerprint density at radius 1 is 1.08 bits per heavy atom. The molecule has 0 bridgehead atoms. The summed E-state index contributed by atoms with van der Waals surface area (Å²) in [4.78, 5) is 12.0. The quantitative estimate of drug-likeness (QED) is 0.767. The number of aromatic nitrogens is 2. The van der Waals surface area contributed by atoms with Gasteiger partial charge in [0.1, 0.15) is 11.6 Å². The Bertz CT molecular complexity index is 912. The highest BCUT2D eigenvalue weighted by Crippen LogP contribution is 2.17. The number of nitrogens with one attached hydrogen (secondary N) is 1. The van der Waals surface area contributed by atoms with Gasteiger partial charge in [0.15, 0.2) is 24.0 Å². The molecule has 0 aliphatic rings. The average molecular weight is 347 g/mol. The van der Waals surface area contributed by atoms with Crippen LogP contribution in [-0.4, -0.2) is 15.7 Å². The van der Waals surface area contributed by atoms with Crippen molar-refractivity contribution < 1.29 is 22.7 Å². The molecular weight excluding hydrogens is 335 g/mol. The molecule has 0 spiro atoms. The number of hydrogen-bond donors (Lipinski definition) is 1. The largest absolute Gasteiger partial charge is 0.468 e. The number of para-hydroxylation sites is 1. The Morgan fingerprint density at radius 3 is 2.64 bits per heavy atom. The summed E-state index contributed by atoms with van der Waals surface area (Å²) in [6.45, 7) is -0.112. The highest BCUT2D eigenvalue weighted by Gasteiger charge is 2.13. The molecule has 2 aromatic carbocycles. The summed E-state index contributed by atoms with van der Waals surface area (Å²) < 4.78 is 46.4. The summed E-state index contributed by atoms with van der Waals surface area (Å²) in [5.41, 5.74) is -0.163. The number of ether oxygens (including phenoxy) is 1. The first-order valence-electron chi connectivity index (χ1n) is 7.20. The molecule has 0 saturated heterocycles. The Hall–Kier alpha value is -3.29. The molecule has 0 atom stereocenters. The maximum Gasteiger partial charge on any atom is 0.276 e. The highest BCUT2D eigenvalue weighted by atomic mass is 19.1. The van der Waals surface area contributed by atoms with Crippen LogP contribution < -0.4 is 10.1 Å². The van der Waals surface area contributed by atoms with Gasteiger partial charge in [-0.05, 0) is 30.3 Å². The minimum atomic E-state index is -0.893. The third-order valence-electron chi connectivity index (χ3n) is 3.24.